The summed E-state index contributed by atoms with van der Waals surface area (Å²) in [5.74, 6) is -0.495. The van der Waals surface area contributed by atoms with Crippen LogP contribution < -0.4 is 0 Å². The number of hydrogen-bond acceptors (Lipinski definition) is 4. The van der Waals surface area contributed by atoms with Crippen molar-refractivity contribution >= 4 is 11.9 Å². The highest BCUT2D eigenvalue weighted by Gasteiger charge is 2.32. The minimum absolute atomic E-state index is 0.0208. The summed E-state index contributed by atoms with van der Waals surface area (Å²) in [4.78, 5) is 24.4. The quantitative estimate of drug-likeness (QED) is 0.774. The Balaban J connectivity index is 1.77. The molecule has 0 bridgehead atoms. The molecular formula is C12H19NO5. The number of carboxylic acid groups (broad SMARTS) is 1. The lowest BCUT2D eigenvalue weighted by molar-refractivity contribution is -0.157. The van der Waals surface area contributed by atoms with E-state index in [4.69, 9.17) is 14.6 Å². The molecule has 102 valence electrons. The SMILES string of the molecule is O=C(O)CCC1CCN(C(=O)C2COCCO2)C1. The molecule has 0 radical (unpaired) electrons. The van der Waals surface area contributed by atoms with Crippen LogP contribution in [0.5, 0.6) is 0 Å². The van der Waals surface area contributed by atoms with Crippen molar-refractivity contribution in [3.05, 3.63) is 0 Å². The predicted molar refractivity (Wildman–Crippen MR) is 62.1 cm³/mol. The van der Waals surface area contributed by atoms with Crippen molar-refractivity contribution in [2.75, 3.05) is 32.9 Å². The zero-order valence-electron chi connectivity index (χ0n) is 10.3. The summed E-state index contributed by atoms with van der Waals surface area (Å²) in [7, 11) is 0. The van der Waals surface area contributed by atoms with E-state index in [1.165, 1.54) is 0 Å². The zero-order chi connectivity index (χ0) is 13.0. The topological polar surface area (TPSA) is 76.1 Å². The van der Waals surface area contributed by atoms with Gasteiger partial charge in [0.05, 0.1) is 19.8 Å². The van der Waals surface area contributed by atoms with Crippen LogP contribution >= 0.6 is 0 Å². The second-order valence-corrected chi connectivity index (χ2v) is 4.81. The fourth-order valence-corrected chi connectivity index (χ4v) is 2.43. The van der Waals surface area contributed by atoms with Gasteiger partial charge in [0.25, 0.3) is 5.91 Å². The molecule has 2 saturated heterocycles. The fraction of sp³-hybridized carbons (Fsp3) is 0.833. The maximum absolute atomic E-state index is 12.1. The number of likely N-dealkylation sites (tertiary alicyclic amines) is 1. The Morgan fingerprint density at radius 1 is 1.33 bits per heavy atom. The second-order valence-electron chi connectivity index (χ2n) is 4.81. The van der Waals surface area contributed by atoms with Gasteiger partial charge in [0, 0.05) is 19.5 Å². The number of carbonyl (C=O) groups is 2. The Morgan fingerprint density at radius 2 is 2.17 bits per heavy atom. The van der Waals surface area contributed by atoms with Crippen LogP contribution in [0.4, 0.5) is 0 Å². The fourth-order valence-electron chi connectivity index (χ4n) is 2.43. The molecular weight excluding hydrogens is 238 g/mol. The number of nitrogens with zero attached hydrogens (tertiary/aromatic N) is 1. The van der Waals surface area contributed by atoms with Gasteiger partial charge in [-0.1, -0.05) is 0 Å². The van der Waals surface area contributed by atoms with E-state index in [0.717, 1.165) is 6.42 Å². The summed E-state index contributed by atoms with van der Waals surface area (Å²) in [6.07, 6.45) is 1.22. The number of rotatable bonds is 4. The maximum Gasteiger partial charge on any atom is 0.303 e. The average molecular weight is 257 g/mol. The van der Waals surface area contributed by atoms with E-state index in [2.05, 4.69) is 0 Å². The molecule has 0 saturated carbocycles. The summed E-state index contributed by atoms with van der Waals surface area (Å²) in [6.45, 7) is 2.68. The molecule has 0 spiro atoms. The van der Waals surface area contributed by atoms with Crippen LogP contribution in [-0.4, -0.2) is 60.9 Å². The van der Waals surface area contributed by atoms with E-state index >= 15 is 0 Å². The van der Waals surface area contributed by atoms with E-state index in [1.54, 1.807) is 4.90 Å². The molecule has 2 fully saturated rings. The first-order valence-corrected chi connectivity index (χ1v) is 6.36. The highest BCUT2D eigenvalue weighted by molar-refractivity contribution is 5.81. The number of carbonyl (C=O) groups excluding carboxylic acids is 1. The van der Waals surface area contributed by atoms with Gasteiger partial charge in [0.1, 0.15) is 0 Å². The summed E-state index contributed by atoms with van der Waals surface area (Å²) >= 11 is 0. The van der Waals surface area contributed by atoms with Gasteiger partial charge >= 0.3 is 5.97 Å². The van der Waals surface area contributed by atoms with Crippen molar-refractivity contribution in [3.8, 4) is 0 Å². The Kier molecular flexibility index (Phi) is 4.54. The monoisotopic (exact) mass is 257 g/mol. The van der Waals surface area contributed by atoms with Crippen LogP contribution in [-0.2, 0) is 19.1 Å². The van der Waals surface area contributed by atoms with Crippen molar-refractivity contribution in [3.63, 3.8) is 0 Å². The average Bonchev–Trinajstić information content (AvgIpc) is 2.85. The lowest BCUT2D eigenvalue weighted by Gasteiger charge is -2.26. The first-order valence-electron chi connectivity index (χ1n) is 6.36. The van der Waals surface area contributed by atoms with Gasteiger partial charge in [-0.05, 0) is 18.8 Å². The van der Waals surface area contributed by atoms with Crippen molar-refractivity contribution in [2.24, 2.45) is 5.92 Å². The molecule has 6 heteroatoms. The molecule has 2 aliphatic heterocycles. The normalized spacial score (nSPS) is 28.3. The van der Waals surface area contributed by atoms with Gasteiger partial charge in [-0.2, -0.15) is 0 Å². The van der Waals surface area contributed by atoms with Gasteiger partial charge < -0.3 is 19.5 Å². The van der Waals surface area contributed by atoms with Gasteiger partial charge in [-0.15, -0.1) is 0 Å². The van der Waals surface area contributed by atoms with Crippen LogP contribution in [0.1, 0.15) is 19.3 Å². The standard InChI is InChI=1S/C12H19NO5/c14-11(15)2-1-9-3-4-13(7-9)12(16)10-8-17-5-6-18-10/h9-10H,1-8H2,(H,14,15). The van der Waals surface area contributed by atoms with Crippen LogP contribution in [0.15, 0.2) is 0 Å². The minimum atomic E-state index is -0.774. The van der Waals surface area contributed by atoms with Crippen LogP contribution in [0.2, 0.25) is 0 Å². The summed E-state index contributed by atoms with van der Waals surface area (Å²) < 4.78 is 10.6. The van der Waals surface area contributed by atoms with E-state index in [9.17, 15) is 9.59 Å². The van der Waals surface area contributed by atoms with E-state index in [-0.39, 0.29) is 12.3 Å². The third-order valence-corrected chi connectivity index (χ3v) is 3.46. The molecule has 2 heterocycles. The molecule has 18 heavy (non-hydrogen) atoms. The summed E-state index contributed by atoms with van der Waals surface area (Å²) in [5, 5.41) is 8.64. The lowest BCUT2D eigenvalue weighted by atomic mass is 10.0. The predicted octanol–water partition coefficient (Wildman–Crippen LogP) is 0.115. The zero-order valence-corrected chi connectivity index (χ0v) is 10.3. The van der Waals surface area contributed by atoms with Gasteiger partial charge in [0.15, 0.2) is 6.10 Å². The number of aliphatic carboxylic acids is 1. The van der Waals surface area contributed by atoms with Crippen molar-refractivity contribution in [1.82, 2.24) is 4.90 Å². The van der Waals surface area contributed by atoms with Crippen LogP contribution in [0.25, 0.3) is 0 Å². The molecule has 2 rings (SSSR count). The molecule has 6 nitrogen and oxygen atoms in total. The van der Waals surface area contributed by atoms with Crippen molar-refractivity contribution in [2.45, 2.75) is 25.4 Å². The molecule has 2 atom stereocenters. The second kappa shape index (κ2) is 6.15. The smallest absolute Gasteiger partial charge is 0.303 e. The number of hydrogen-bond donors (Lipinski definition) is 1. The molecule has 1 N–H and O–H groups in total. The number of carboxylic acids is 1. The molecule has 1 amide bonds. The third kappa shape index (κ3) is 3.43. The largest absolute Gasteiger partial charge is 0.481 e. The van der Waals surface area contributed by atoms with Gasteiger partial charge in [0.2, 0.25) is 0 Å². The molecule has 0 aromatic carbocycles. The lowest BCUT2D eigenvalue weighted by Crippen LogP contribution is -2.44. The van der Waals surface area contributed by atoms with Gasteiger partial charge in [-0.25, -0.2) is 0 Å². The van der Waals surface area contributed by atoms with Crippen LogP contribution in [0.3, 0.4) is 0 Å². The maximum atomic E-state index is 12.1. The highest BCUT2D eigenvalue weighted by atomic mass is 16.6. The minimum Gasteiger partial charge on any atom is -0.481 e. The first kappa shape index (κ1) is 13.3. The highest BCUT2D eigenvalue weighted by Crippen LogP contribution is 2.22. The van der Waals surface area contributed by atoms with E-state index < -0.39 is 12.1 Å². The van der Waals surface area contributed by atoms with E-state index in [1.807, 2.05) is 0 Å². The van der Waals surface area contributed by atoms with Gasteiger partial charge in [-0.3, -0.25) is 9.59 Å². The Labute approximate surface area is 106 Å². The first-order chi connectivity index (χ1) is 8.66. The molecule has 2 aliphatic rings. The van der Waals surface area contributed by atoms with Crippen molar-refractivity contribution in [1.29, 1.82) is 0 Å². The Bertz CT molecular complexity index is 314. The molecule has 0 aromatic rings. The summed E-state index contributed by atoms with van der Waals surface area (Å²) in [5.41, 5.74) is 0. The molecule has 0 aliphatic carbocycles. The number of amides is 1. The third-order valence-electron chi connectivity index (χ3n) is 3.46. The molecule has 0 aromatic heterocycles. The van der Waals surface area contributed by atoms with Crippen LogP contribution in [0, 0.1) is 5.92 Å². The van der Waals surface area contributed by atoms with Crippen molar-refractivity contribution < 1.29 is 24.2 Å². The van der Waals surface area contributed by atoms with E-state index in [0.29, 0.717) is 45.2 Å². The Morgan fingerprint density at radius 3 is 2.83 bits per heavy atom. The summed E-state index contributed by atoms with van der Waals surface area (Å²) in [6, 6.07) is 0. The number of ether oxygens (including phenoxy) is 2. The molecule has 2 unspecified atom stereocenters. The Hall–Kier alpha value is -1.14.